The minimum Gasteiger partial charge on any atom is -0.406 e. The van der Waals surface area contributed by atoms with E-state index in [1.807, 2.05) is 56.6 Å². The van der Waals surface area contributed by atoms with Crippen molar-refractivity contribution >= 4 is 17.4 Å². The van der Waals surface area contributed by atoms with Crippen LogP contribution in [0.15, 0.2) is 89.6 Å². The van der Waals surface area contributed by atoms with Crippen molar-refractivity contribution in [2.24, 2.45) is 4.99 Å². The Bertz CT molecular complexity index is 1830. The molecule has 0 aliphatic rings. The zero-order chi connectivity index (χ0) is 32.1. The number of carbonyl (C=O) groups is 1. The first kappa shape index (κ1) is 31.6. The number of urea groups is 1. The third kappa shape index (κ3) is 8.24. The molecule has 0 bridgehead atoms. The van der Waals surface area contributed by atoms with Crippen LogP contribution in [0.5, 0.6) is 5.75 Å². The van der Waals surface area contributed by atoms with Gasteiger partial charge in [0.2, 0.25) is 0 Å². The fraction of sp³-hybridized carbons (Fsp3) is 0.250. The summed E-state index contributed by atoms with van der Waals surface area (Å²) in [6.07, 6.45) is -0.0606. The third-order valence-electron chi connectivity index (χ3n) is 6.93. The number of benzene rings is 3. The van der Waals surface area contributed by atoms with E-state index < -0.39 is 12.4 Å². The summed E-state index contributed by atoms with van der Waals surface area (Å²) in [5.74, 6) is -0.0747. The fourth-order valence-corrected chi connectivity index (χ4v) is 5.38. The van der Waals surface area contributed by atoms with Crippen LogP contribution in [0.1, 0.15) is 44.2 Å². The van der Waals surface area contributed by atoms with Crippen LogP contribution >= 0.6 is 11.3 Å². The van der Waals surface area contributed by atoms with Crippen LogP contribution in [0, 0.1) is 5.82 Å². The van der Waals surface area contributed by atoms with Crippen LogP contribution in [0.2, 0.25) is 0 Å². The monoisotopic (exact) mass is 638 g/mol. The standard InChI is InChI=1S/C32H30F4N6O2S/c1-20(2)27-18-24(33)10-15-28(27)41-16-17-45-31(41)39-30(43)38-21(3)4-5-22-6-8-23(9-7-22)29-37-19-42(40-29)25-11-13-26(14-12-25)44-32(34,35)36/h6-21H,4-5H2,1-3H3,(H,38,43)/b39-31-. The molecule has 13 heteroatoms. The average Bonchev–Trinajstić information content (AvgIpc) is 3.66. The van der Waals surface area contributed by atoms with E-state index >= 15 is 0 Å². The molecule has 1 atom stereocenters. The second-order valence-electron chi connectivity index (χ2n) is 10.7. The van der Waals surface area contributed by atoms with Gasteiger partial charge in [0.25, 0.3) is 0 Å². The molecule has 8 nitrogen and oxygen atoms in total. The maximum Gasteiger partial charge on any atom is 0.573 e. The van der Waals surface area contributed by atoms with Crippen molar-refractivity contribution in [1.29, 1.82) is 0 Å². The number of carbonyl (C=O) groups excluding carboxylic acids is 1. The molecule has 45 heavy (non-hydrogen) atoms. The Morgan fingerprint density at radius 3 is 2.47 bits per heavy atom. The normalized spacial score (nSPS) is 12.8. The molecule has 5 rings (SSSR count). The maximum atomic E-state index is 13.9. The van der Waals surface area contributed by atoms with E-state index in [0.717, 1.165) is 22.4 Å². The molecule has 234 valence electrons. The molecule has 1 N–H and O–H groups in total. The highest BCUT2D eigenvalue weighted by Crippen LogP contribution is 2.25. The van der Waals surface area contributed by atoms with Gasteiger partial charge in [-0.1, -0.05) is 38.1 Å². The molecule has 3 aromatic carbocycles. The molecule has 2 amide bonds. The van der Waals surface area contributed by atoms with Gasteiger partial charge in [-0.2, -0.15) is 4.99 Å². The Morgan fingerprint density at radius 2 is 1.78 bits per heavy atom. The van der Waals surface area contributed by atoms with Gasteiger partial charge in [0.1, 0.15) is 17.9 Å². The minimum absolute atomic E-state index is 0.0867. The Kier molecular flexibility index (Phi) is 9.47. The molecule has 1 unspecified atom stereocenters. The molecule has 0 radical (unpaired) electrons. The molecule has 5 aromatic rings. The van der Waals surface area contributed by atoms with Crippen molar-refractivity contribution in [2.75, 3.05) is 0 Å². The first-order valence-corrected chi connectivity index (χ1v) is 15.0. The number of alkyl halides is 3. The lowest BCUT2D eigenvalue weighted by molar-refractivity contribution is -0.274. The number of halogens is 4. The molecule has 2 heterocycles. The summed E-state index contributed by atoms with van der Waals surface area (Å²) in [7, 11) is 0. The van der Waals surface area contributed by atoms with E-state index in [9.17, 15) is 22.4 Å². The first-order valence-electron chi connectivity index (χ1n) is 14.1. The van der Waals surface area contributed by atoms with Crippen molar-refractivity contribution in [1.82, 2.24) is 24.6 Å². The van der Waals surface area contributed by atoms with Crippen molar-refractivity contribution < 1.29 is 27.1 Å². The van der Waals surface area contributed by atoms with Crippen molar-refractivity contribution in [3.05, 3.63) is 106 Å². The lowest BCUT2D eigenvalue weighted by Gasteiger charge is -2.14. The summed E-state index contributed by atoms with van der Waals surface area (Å²) < 4.78 is 58.3. The SMILES string of the molecule is CC(CCc1ccc(-c2ncn(-c3ccc(OC(F)(F)F)cc3)n2)cc1)NC(=O)/N=c1\sccn1-c1ccc(F)cc1C(C)C. The minimum atomic E-state index is -4.75. The molecule has 0 saturated heterocycles. The lowest BCUT2D eigenvalue weighted by atomic mass is 10.0. The number of aryl methyl sites for hydroxylation is 1. The maximum absolute atomic E-state index is 13.9. The van der Waals surface area contributed by atoms with Crippen molar-refractivity contribution in [3.8, 4) is 28.5 Å². The molecular weight excluding hydrogens is 608 g/mol. The highest BCUT2D eigenvalue weighted by Gasteiger charge is 2.31. The van der Waals surface area contributed by atoms with Crippen LogP contribution < -0.4 is 14.9 Å². The molecule has 0 fully saturated rings. The van der Waals surface area contributed by atoms with Gasteiger partial charge in [0, 0.05) is 23.2 Å². The van der Waals surface area contributed by atoms with Crippen LogP contribution in [-0.4, -0.2) is 37.8 Å². The second-order valence-corrected chi connectivity index (χ2v) is 11.5. The van der Waals surface area contributed by atoms with Gasteiger partial charge in [0.15, 0.2) is 10.6 Å². The predicted molar refractivity (Wildman–Crippen MR) is 163 cm³/mol. The van der Waals surface area contributed by atoms with Gasteiger partial charge in [-0.05, 0) is 79.3 Å². The van der Waals surface area contributed by atoms with Crippen molar-refractivity contribution in [3.63, 3.8) is 0 Å². The van der Waals surface area contributed by atoms with Crippen LogP contribution in [0.3, 0.4) is 0 Å². The fourth-order valence-electron chi connectivity index (χ4n) is 4.67. The van der Waals surface area contributed by atoms with E-state index in [1.165, 1.54) is 58.7 Å². The van der Waals surface area contributed by atoms with E-state index in [1.54, 1.807) is 10.6 Å². The zero-order valence-corrected chi connectivity index (χ0v) is 25.4. The smallest absolute Gasteiger partial charge is 0.406 e. The van der Waals surface area contributed by atoms with Gasteiger partial charge in [-0.25, -0.2) is 18.9 Å². The quantitative estimate of drug-likeness (QED) is 0.169. The number of rotatable bonds is 9. The second kappa shape index (κ2) is 13.5. The van der Waals surface area contributed by atoms with Gasteiger partial charge in [-0.15, -0.1) is 29.6 Å². The summed E-state index contributed by atoms with van der Waals surface area (Å²) in [4.78, 5) is 21.8. The van der Waals surface area contributed by atoms with E-state index in [-0.39, 0.29) is 23.5 Å². The zero-order valence-electron chi connectivity index (χ0n) is 24.6. The number of amides is 2. The van der Waals surface area contributed by atoms with E-state index in [2.05, 4.69) is 25.1 Å². The van der Waals surface area contributed by atoms with Gasteiger partial charge in [0.05, 0.1) is 11.4 Å². The molecule has 0 saturated carbocycles. The Morgan fingerprint density at radius 1 is 1.04 bits per heavy atom. The summed E-state index contributed by atoms with van der Waals surface area (Å²) in [5, 5.41) is 9.19. The number of nitrogens with one attached hydrogen (secondary N) is 1. The first-order chi connectivity index (χ1) is 21.4. The van der Waals surface area contributed by atoms with Crippen LogP contribution in [0.25, 0.3) is 22.8 Å². The molecule has 2 aromatic heterocycles. The highest BCUT2D eigenvalue weighted by atomic mass is 32.1. The predicted octanol–water partition coefficient (Wildman–Crippen LogP) is 7.58. The number of hydrogen-bond donors (Lipinski definition) is 1. The van der Waals surface area contributed by atoms with Crippen LogP contribution in [-0.2, 0) is 6.42 Å². The molecule has 0 aliphatic heterocycles. The number of thiazole rings is 1. The average molecular weight is 639 g/mol. The molecule has 0 spiro atoms. The Hall–Kier alpha value is -4.78. The number of nitrogens with zero attached hydrogens (tertiary/aromatic N) is 5. The Balaban J connectivity index is 1.17. The highest BCUT2D eigenvalue weighted by molar-refractivity contribution is 7.07. The van der Waals surface area contributed by atoms with E-state index in [4.69, 9.17) is 0 Å². The number of hydrogen-bond acceptors (Lipinski definition) is 5. The van der Waals surface area contributed by atoms with E-state index in [0.29, 0.717) is 29.2 Å². The molecule has 0 aliphatic carbocycles. The largest absolute Gasteiger partial charge is 0.573 e. The summed E-state index contributed by atoms with van der Waals surface area (Å²) in [6.45, 7) is 5.89. The Labute approximate surface area is 260 Å². The summed E-state index contributed by atoms with van der Waals surface area (Å²) in [6, 6.07) is 17.1. The van der Waals surface area contributed by atoms with Gasteiger partial charge >= 0.3 is 12.4 Å². The topological polar surface area (TPSA) is 86.3 Å². The number of aromatic nitrogens is 4. The lowest BCUT2D eigenvalue weighted by Crippen LogP contribution is -2.32. The van der Waals surface area contributed by atoms with Crippen molar-refractivity contribution in [2.45, 2.75) is 51.9 Å². The number of ether oxygens (including phenoxy) is 1. The third-order valence-corrected chi connectivity index (χ3v) is 7.69. The van der Waals surface area contributed by atoms with Crippen LogP contribution in [0.4, 0.5) is 22.4 Å². The molecular formula is C32H30F4N6O2S. The van der Waals surface area contributed by atoms with Gasteiger partial charge in [-0.3, -0.25) is 4.57 Å². The summed E-state index contributed by atoms with van der Waals surface area (Å²) in [5.41, 5.74) is 3.98. The van der Waals surface area contributed by atoms with Gasteiger partial charge < -0.3 is 10.1 Å². The summed E-state index contributed by atoms with van der Waals surface area (Å²) >= 11 is 1.32.